The zero-order valence-corrected chi connectivity index (χ0v) is 23.8. The number of rotatable bonds is 6. The lowest BCUT2D eigenvalue weighted by Crippen LogP contribution is -2.45. The maximum absolute atomic E-state index is 13.0. The molecule has 1 aromatic heterocycles. The second-order valence-corrected chi connectivity index (χ2v) is 11.9. The van der Waals surface area contributed by atoms with Crippen LogP contribution in [0, 0.1) is 0 Å². The lowest BCUT2D eigenvalue weighted by atomic mass is 9.98. The third-order valence-corrected chi connectivity index (χ3v) is 7.08. The number of aliphatic imine (C=N–C) groups is 1. The lowest BCUT2D eigenvalue weighted by Gasteiger charge is -2.20. The molecule has 0 aliphatic carbocycles. The molecule has 0 spiro atoms. The van der Waals surface area contributed by atoms with Gasteiger partial charge in [-0.25, -0.2) is 22.9 Å². The number of hydrogen-bond donors (Lipinski definition) is 2. The van der Waals surface area contributed by atoms with Crippen LogP contribution in [0.1, 0.15) is 26.3 Å². The summed E-state index contributed by atoms with van der Waals surface area (Å²) < 4.78 is 33.6. The number of sulfonamides is 1. The molecule has 40 heavy (non-hydrogen) atoms. The van der Waals surface area contributed by atoms with Gasteiger partial charge < -0.3 is 4.74 Å². The van der Waals surface area contributed by atoms with Gasteiger partial charge >= 0.3 is 6.09 Å². The predicted molar refractivity (Wildman–Crippen MR) is 157 cm³/mol. The van der Waals surface area contributed by atoms with Crippen molar-refractivity contribution >= 4 is 33.7 Å². The summed E-state index contributed by atoms with van der Waals surface area (Å²) in [4.78, 5) is 21.6. The largest absolute Gasteiger partial charge is 0.444 e. The first-order valence-corrected chi connectivity index (χ1v) is 14.3. The van der Waals surface area contributed by atoms with Gasteiger partial charge in [-0.05, 0) is 62.2 Å². The minimum atomic E-state index is -4.03. The SMILES string of the molecule is CC(C)(C)OC(=O)NC(=NCc1cnc(-c2ccccc2)c(-c2ccc(Cl)cc2)c1)NS(=O)(=O)c1ccccc1. The second kappa shape index (κ2) is 12.3. The Bertz CT molecular complexity index is 1600. The molecule has 0 bridgehead atoms. The molecule has 0 aliphatic heterocycles. The maximum Gasteiger partial charge on any atom is 0.414 e. The van der Waals surface area contributed by atoms with Crippen LogP contribution >= 0.6 is 11.6 Å². The average molecular weight is 577 g/mol. The molecule has 2 N–H and O–H groups in total. The number of alkyl carbamates (subject to hydrolysis) is 1. The van der Waals surface area contributed by atoms with Crippen molar-refractivity contribution in [3.05, 3.63) is 108 Å². The Morgan fingerprint density at radius 2 is 1.55 bits per heavy atom. The van der Waals surface area contributed by atoms with Gasteiger partial charge in [-0.2, -0.15) is 0 Å². The number of nitrogens with zero attached hydrogens (tertiary/aromatic N) is 2. The Labute approximate surface area is 239 Å². The van der Waals surface area contributed by atoms with E-state index >= 15 is 0 Å². The molecule has 4 aromatic rings. The quantitative estimate of drug-likeness (QED) is 0.203. The zero-order valence-electron chi connectivity index (χ0n) is 22.3. The number of benzene rings is 3. The van der Waals surface area contributed by atoms with Gasteiger partial charge in [0.25, 0.3) is 10.0 Å². The molecule has 10 heteroatoms. The molecule has 0 fully saturated rings. The molecule has 1 amide bonds. The number of hydrogen-bond acceptors (Lipinski definition) is 6. The highest BCUT2D eigenvalue weighted by Gasteiger charge is 2.21. The normalized spacial score (nSPS) is 12.1. The molecular formula is C30H29ClN4O4S. The van der Waals surface area contributed by atoms with Crippen molar-refractivity contribution in [1.29, 1.82) is 0 Å². The van der Waals surface area contributed by atoms with E-state index in [9.17, 15) is 13.2 Å². The first-order chi connectivity index (χ1) is 19.0. The number of ether oxygens (including phenoxy) is 1. The van der Waals surface area contributed by atoms with Gasteiger partial charge in [0, 0.05) is 22.3 Å². The molecular weight excluding hydrogens is 548 g/mol. The van der Waals surface area contributed by atoms with Crippen LogP contribution in [-0.4, -0.2) is 31.1 Å². The first-order valence-electron chi connectivity index (χ1n) is 12.4. The van der Waals surface area contributed by atoms with Crippen molar-refractivity contribution in [2.24, 2.45) is 4.99 Å². The van der Waals surface area contributed by atoms with E-state index in [0.717, 1.165) is 22.4 Å². The Hall–Kier alpha value is -4.21. The lowest BCUT2D eigenvalue weighted by molar-refractivity contribution is 0.0562. The van der Waals surface area contributed by atoms with Crippen molar-refractivity contribution in [1.82, 2.24) is 15.0 Å². The monoisotopic (exact) mass is 576 g/mol. The summed E-state index contributed by atoms with van der Waals surface area (Å²) in [5.41, 5.74) is 3.35. The maximum atomic E-state index is 13.0. The predicted octanol–water partition coefficient (Wildman–Crippen LogP) is 6.43. The van der Waals surface area contributed by atoms with E-state index in [1.165, 1.54) is 12.1 Å². The highest BCUT2D eigenvalue weighted by Crippen LogP contribution is 2.32. The number of pyridine rings is 1. The third-order valence-electron chi connectivity index (χ3n) is 5.47. The van der Waals surface area contributed by atoms with Gasteiger partial charge in [0.15, 0.2) is 0 Å². The van der Waals surface area contributed by atoms with E-state index in [1.54, 1.807) is 57.3 Å². The molecule has 3 aromatic carbocycles. The van der Waals surface area contributed by atoms with Gasteiger partial charge in [-0.1, -0.05) is 72.3 Å². The fourth-order valence-electron chi connectivity index (χ4n) is 3.72. The Balaban J connectivity index is 1.69. The van der Waals surface area contributed by atoms with Crippen LogP contribution in [0.25, 0.3) is 22.4 Å². The van der Waals surface area contributed by atoms with E-state index in [0.29, 0.717) is 10.6 Å². The van der Waals surface area contributed by atoms with Crippen LogP contribution in [0.3, 0.4) is 0 Å². The molecule has 4 rings (SSSR count). The minimum absolute atomic E-state index is 0.0189. The molecule has 1 heterocycles. The van der Waals surface area contributed by atoms with Crippen LogP contribution in [0.2, 0.25) is 5.02 Å². The molecule has 0 saturated heterocycles. The van der Waals surface area contributed by atoms with Gasteiger partial charge in [0.05, 0.1) is 17.1 Å². The van der Waals surface area contributed by atoms with E-state index in [1.807, 2.05) is 48.5 Å². The first kappa shape index (κ1) is 28.8. The molecule has 0 saturated carbocycles. The van der Waals surface area contributed by atoms with E-state index < -0.39 is 21.7 Å². The van der Waals surface area contributed by atoms with Gasteiger partial charge in [-0.3, -0.25) is 10.3 Å². The number of aromatic nitrogens is 1. The van der Waals surface area contributed by atoms with Crippen LogP contribution in [0.5, 0.6) is 0 Å². The highest BCUT2D eigenvalue weighted by molar-refractivity contribution is 7.90. The van der Waals surface area contributed by atoms with E-state index in [4.69, 9.17) is 21.3 Å². The van der Waals surface area contributed by atoms with Crippen LogP contribution in [-0.2, 0) is 21.3 Å². The summed E-state index contributed by atoms with van der Waals surface area (Å²) in [6.07, 6.45) is 0.823. The van der Waals surface area contributed by atoms with Gasteiger partial charge in [-0.15, -0.1) is 0 Å². The molecule has 8 nitrogen and oxygen atoms in total. The van der Waals surface area contributed by atoms with Crippen molar-refractivity contribution in [2.45, 2.75) is 37.8 Å². The number of carbonyl (C=O) groups is 1. The number of halogens is 1. The van der Waals surface area contributed by atoms with Crippen molar-refractivity contribution in [3.8, 4) is 22.4 Å². The molecule has 0 radical (unpaired) electrons. The fraction of sp³-hybridized carbons (Fsp3) is 0.167. The molecule has 0 unspecified atom stereocenters. The summed E-state index contributed by atoms with van der Waals surface area (Å²) in [7, 11) is -4.03. The Morgan fingerprint density at radius 3 is 2.17 bits per heavy atom. The van der Waals surface area contributed by atoms with Gasteiger partial charge in [0.2, 0.25) is 5.96 Å². The molecule has 206 valence electrons. The average Bonchev–Trinajstić information content (AvgIpc) is 2.92. The van der Waals surface area contributed by atoms with Crippen molar-refractivity contribution in [3.63, 3.8) is 0 Å². The summed E-state index contributed by atoms with van der Waals surface area (Å²) in [6.45, 7) is 5.13. The molecule has 0 atom stereocenters. The topological polar surface area (TPSA) is 110 Å². The summed E-state index contributed by atoms with van der Waals surface area (Å²) in [5, 5.41) is 3.04. The highest BCUT2D eigenvalue weighted by atomic mass is 35.5. The minimum Gasteiger partial charge on any atom is -0.444 e. The smallest absolute Gasteiger partial charge is 0.414 e. The Morgan fingerprint density at radius 1 is 0.925 bits per heavy atom. The van der Waals surface area contributed by atoms with E-state index in [2.05, 4.69) is 15.0 Å². The number of carbonyl (C=O) groups excluding carboxylic acids is 1. The number of nitrogens with one attached hydrogen (secondary N) is 2. The summed E-state index contributed by atoms with van der Waals surface area (Å²) in [6, 6.07) is 26.9. The van der Waals surface area contributed by atoms with Crippen molar-refractivity contribution < 1.29 is 17.9 Å². The summed E-state index contributed by atoms with van der Waals surface area (Å²) >= 11 is 6.12. The zero-order chi connectivity index (χ0) is 28.8. The molecule has 0 aliphatic rings. The van der Waals surface area contributed by atoms with Crippen LogP contribution < -0.4 is 10.0 Å². The third kappa shape index (κ3) is 7.91. The summed E-state index contributed by atoms with van der Waals surface area (Å²) in [5.74, 6) is -0.279. The number of guanidine groups is 1. The standard InChI is InChI=1S/C30H29ClN4O4S/c1-30(2,3)39-29(36)34-28(35-40(37,38)25-12-8-5-9-13-25)33-20-21-18-26(22-14-16-24(31)17-15-22)27(32-19-21)23-10-6-4-7-11-23/h4-19H,20H2,1-3H3,(H2,33,34,35,36). The number of amides is 1. The van der Waals surface area contributed by atoms with Crippen LogP contribution in [0.4, 0.5) is 4.79 Å². The second-order valence-electron chi connectivity index (χ2n) is 9.82. The van der Waals surface area contributed by atoms with Crippen molar-refractivity contribution in [2.75, 3.05) is 0 Å². The van der Waals surface area contributed by atoms with E-state index in [-0.39, 0.29) is 17.4 Å². The Kier molecular flexibility index (Phi) is 8.86. The van der Waals surface area contributed by atoms with Crippen LogP contribution in [0.15, 0.2) is 107 Å². The fourth-order valence-corrected chi connectivity index (χ4v) is 4.85. The van der Waals surface area contributed by atoms with Gasteiger partial charge in [0.1, 0.15) is 5.60 Å².